The van der Waals surface area contributed by atoms with Gasteiger partial charge in [-0.25, -0.2) is 4.79 Å². The van der Waals surface area contributed by atoms with E-state index >= 15 is 0 Å². The topological polar surface area (TPSA) is 67.9 Å². The molecule has 1 saturated heterocycles. The second-order valence-corrected chi connectivity index (χ2v) is 10.2. The van der Waals surface area contributed by atoms with E-state index < -0.39 is 17.8 Å². The minimum Gasteiger partial charge on any atom is -0.496 e. The summed E-state index contributed by atoms with van der Waals surface area (Å²) in [5, 5.41) is 2.86. The van der Waals surface area contributed by atoms with Gasteiger partial charge in [-0.3, -0.25) is 4.79 Å². The van der Waals surface area contributed by atoms with E-state index in [9.17, 15) is 22.8 Å². The van der Waals surface area contributed by atoms with E-state index in [1.807, 2.05) is 24.3 Å². The molecule has 1 heterocycles. The van der Waals surface area contributed by atoms with Crippen molar-refractivity contribution in [3.05, 3.63) is 89.0 Å². The molecule has 2 aliphatic rings. The molecule has 9 heteroatoms. The first kappa shape index (κ1) is 27.6. The molecule has 0 bridgehead atoms. The standard InChI is InChI=1S/C31H31F3N2O4/c1-39-28-17-22(31(32,33)34)13-12-20(28)14-15-35-29(37)21-7-6-16-36(18-21)30(38)40-19-27-25-10-4-2-8-23(25)24-9-3-5-11-26(24)27/h2-5,8-13,17,21,27H,6-7,14-16,18-19H2,1H3,(H,35,37). The Morgan fingerprint density at radius 2 is 1.68 bits per heavy atom. The van der Waals surface area contributed by atoms with Crippen molar-refractivity contribution in [1.29, 1.82) is 0 Å². The molecule has 1 unspecified atom stereocenters. The lowest BCUT2D eigenvalue weighted by molar-refractivity contribution is -0.137. The van der Waals surface area contributed by atoms with E-state index in [1.54, 1.807) is 4.90 Å². The molecule has 5 rings (SSSR count). The maximum atomic E-state index is 13.0. The highest BCUT2D eigenvalue weighted by Gasteiger charge is 2.33. The van der Waals surface area contributed by atoms with E-state index in [-0.39, 0.29) is 43.2 Å². The largest absolute Gasteiger partial charge is 0.496 e. The lowest BCUT2D eigenvalue weighted by Gasteiger charge is -2.31. The van der Waals surface area contributed by atoms with Crippen molar-refractivity contribution in [3.8, 4) is 16.9 Å². The van der Waals surface area contributed by atoms with Crippen LogP contribution in [-0.2, 0) is 22.1 Å². The van der Waals surface area contributed by atoms with E-state index in [2.05, 4.69) is 29.6 Å². The number of ether oxygens (including phenoxy) is 2. The summed E-state index contributed by atoms with van der Waals surface area (Å²) in [7, 11) is 1.32. The molecule has 1 N–H and O–H groups in total. The molecular weight excluding hydrogens is 521 g/mol. The summed E-state index contributed by atoms with van der Waals surface area (Å²) < 4.78 is 49.8. The monoisotopic (exact) mass is 552 g/mol. The number of nitrogens with zero attached hydrogens (tertiary/aromatic N) is 1. The number of carbonyl (C=O) groups is 2. The highest BCUT2D eigenvalue weighted by Crippen LogP contribution is 2.44. The zero-order valence-corrected chi connectivity index (χ0v) is 22.2. The maximum Gasteiger partial charge on any atom is 0.416 e. The fraction of sp³-hybridized carbons (Fsp3) is 0.355. The Morgan fingerprint density at radius 3 is 2.33 bits per heavy atom. The van der Waals surface area contributed by atoms with Gasteiger partial charge >= 0.3 is 12.3 Å². The Morgan fingerprint density at radius 1 is 1.00 bits per heavy atom. The normalized spacial score (nSPS) is 16.7. The fourth-order valence-electron chi connectivity index (χ4n) is 5.63. The predicted molar refractivity (Wildman–Crippen MR) is 144 cm³/mol. The van der Waals surface area contributed by atoms with Crippen molar-refractivity contribution >= 4 is 12.0 Å². The van der Waals surface area contributed by atoms with Crippen molar-refractivity contribution in [1.82, 2.24) is 10.2 Å². The number of fused-ring (bicyclic) bond motifs is 3. The Kier molecular flexibility index (Phi) is 8.00. The summed E-state index contributed by atoms with van der Waals surface area (Å²) >= 11 is 0. The molecule has 0 radical (unpaired) electrons. The number of piperidine rings is 1. The van der Waals surface area contributed by atoms with Crippen LogP contribution in [0.4, 0.5) is 18.0 Å². The average molecular weight is 553 g/mol. The molecule has 0 saturated carbocycles. The van der Waals surface area contributed by atoms with Crippen LogP contribution in [0.25, 0.3) is 11.1 Å². The van der Waals surface area contributed by atoms with E-state index in [0.717, 1.165) is 34.4 Å². The zero-order chi connectivity index (χ0) is 28.3. The predicted octanol–water partition coefficient (Wildman–Crippen LogP) is 6.03. The second-order valence-electron chi connectivity index (χ2n) is 10.2. The second kappa shape index (κ2) is 11.6. The number of amides is 2. The Labute approximate surface area is 231 Å². The van der Waals surface area contributed by atoms with Gasteiger partial charge < -0.3 is 19.7 Å². The Balaban J connectivity index is 1.14. The molecule has 0 aromatic heterocycles. The molecule has 0 spiro atoms. The van der Waals surface area contributed by atoms with Gasteiger partial charge in [0.05, 0.1) is 18.6 Å². The van der Waals surface area contributed by atoms with Crippen LogP contribution >= 0.6 is 0 Å². The molecule has 1 atom stereocenters. The van der Waals surface area contributed by atoms with Crippen LogP contribution in [0.1, 0.15) is 41.0 Å². The number of rotatable bonds is 7. The van der Waals surface area contributed by atoms with Gasteiger partial charge in [-0.15, -0.1) is 0 Å². The van der Waals surface area contributed by atoms with Crippen LogP contribution in [-0.4, -0.2) is 50.3 Å². The highest BCUT2D eigenvalue weighted by molar-refractivity contribution is 5.80. The van der Waals surface area contributed by atoms with Gasteiger partial charge in [-0.05, 0) is 59.2 Å². The van der Waals surface area contributed by atoms with Crippen LogP contribution in [0.15, 0.2) is 66.7 Å². The average Bonchev–Trinajstić information content (AvgIpc) is 3.29. The number of methoxy groups -OCH3 is 1. The third kappa shape index (κ3) is 5.78. The number of halogens is 3. The van der Waals surface area contributed by atoms with Crippen molar-refractivity contribution in [2.24, 2.45) is 5.92 Å². The number of benzene rings is 3. The minimum absolute atomic E-state index is 0.0394. The van der Waals surface area contributed by atoms with Gasteiger partial charge in [0, 0.05) is 25.6 Å². The first-order valence-corrected chi connectivity index (χ1v) is 13.4. The summed E-state index contributed by atoms with van der Waals surface area (Å²) in [5.74, 6) is -0.489. The van der Waals surface area contributed by atoms with Crippen LogP contribution in [0.2, 0.25) is 0 Å². The van der Waals surface area contributed by atoms with Crippen molar-refractivity contribution < 1.29 is 32.2 Å². The van der Waals surface area contributed by atoms with Crippen molar-refractivity contribution in [2.45, 2.75) is 31.4 Å². The van der Waals surface area contributed by atoms with E-state index in [0.29, 0.717) is 31.4 Å². The number of nitrogens with one attached hydrogen (secondary N) is 1. The number of alkyl halides is 3. The highest BCUT2D eigenvalue weighted by atomic mass is 19.4. The van der Waals surface area contributed by atoms with Gasteiger partial charge in [0.2, 0.25) is 5.91 Å². The molecular formula is C31H31F3N2O4. The summed E-state index contributed by atoms with van der Waals surface area (Å²) in [6, 6.07) is 19.6. The number of likely N-dealkylation sites (tertiary alicyclic amines) is 1. The van der Waals surface area contributed by atoms with E-state index in [4.69, 9.17) is 9.47 Å². The zero-order valence-electron chi connectivity index (χ0n) is 22.2. The number of hydrogen-bond acceptors (Lipinski definition) is 4. The summed E-state index contributed by atoms with van der Waals surface area (Å²) in [4.78, 5) is 27.4. The summed E-state index contributed by atoms with van der Waals surface area (Å²) in [6.07, 6.45) is -3.26. The van der Waals surface area contributed by atoms with Gasteiger partial charge in [-0.2, -0.15) is 13.2 Å². The Hall–Kier alpha value is -4.01. The maximum absolute atomic E-state index is 13.0. The molecule has 1 aliphatic carbocycles. The van der Waals surface area contributed by atoms with Crippen LogP contribution in [0.5, 0.6) is 5.75 Å². The quantitative estimate of drug-likeness (QED) is 0.389. The van der Waals surface area contributed by atoms with Crippen LogP contribution < -0.4 is 10.1 Å². The minimum atomic E-state index is -4.46. The van der Waals surface area contributed by atoms with Crippen LogP contribution in [0.3, 0.4) is 0 Å². The molecule has 2 amide bonds. The third-order valence-electron chi connectivity index (χ3n) is 7.69. The summed E-state index contributed by atoms with van der Waals surface area (Å²) in [5.41, 5.74) is 4.37. The molecule has 6 nitrogen and oxygen atoms in total. The lowest BCUT2D eigenvalue weighted by atomic mass is 9.97. The molecule has 3 aromatic carbocycles. The molecule has 1 fully saturated rings. The number of carbonyl (C=O) groups excluding carboxylic acids is 2. The van der Waals surface area contributed by atoms with Gasteiger partial charge in [-0.1, -0.05) is 54.6 Å². The SMILES string of the molecule is COc1cc(C(F)(F)F)ccc1CCNC(=O)C1CCCN(C(=O)OCC2c3ccccc3-c3ccccc32)C1. The van der Waals surface area contributed by atoms with Gasteiger partial charge in [0.15, 0.2) is 0 Å². The lowest BCUT2D eigenvalue weighted by Crippen LogP contribution is -2.46. The molecule has 40 heavy (non-hydrogen) atoms. The van der Waals surface area contributed by atoms with Gasteiger partial charge in [0.25, 0.3) is 0 Å². The first-order chi connectivity index (χ1) is 19.3. The number of hydrogen-bond donors (Lipinski definition) is 1. The molecule has 1 aliphatic heterocycles. The Bertz CT molecular complexity index is 1350. The molecule has 3 aromatic rings. The van der Waals surface area contributed by atoms with Crippen LogP contribution in [0, 0.1) is 5.92 Å². The smallest absolute Gasteiger partial charge is 0.416 e. The van der Waals surface area contributed by atoms with E-state index in [1.165, 1.54) is 13.2 Å². The summed E-state index contributed by atoms with van der Waals surface area (Å²) in [6.45, 7) is 1.23. The van der Waals surface area contributed by atoms with Crippen molar-refractivity contribution in [2.75, 3.05) is 33.4 Å². The fourth-order valence-corrected chi connectivity index (χ4v) is 5.63. The van der Waals surface area contributed by atoms with Gasteiger partial charge in [0.1, 0.15) is 12.4 Å². The first-order valence-electron chi connectivity index (χ1n) is 13.4. The molecule has 210 valence electrons. The van der Waals surface area contributed by atoms with Crippen molar-refractivity contribution in [3.63, 3.8) is 0 Å². The third-order valence-corrected chi connectivity index (χ3v) is 7.69.